The maximum Gasteiger partial charge on any atom is 0.0233 e. The molecule has 2 nitrogen and oxygen atoms in total. The van der Waals surface area contributed by atoms with Crippen molar-refractivity contribution in [2.24, 2.45) is 0 Å². The number of rotatable bonds is 3. The lowest BCUT2D eigenvalue weighted by Crippen LogP contribution is -2.17. The molecule has 0 spiro atoms. The summed E-state index contributed by atoms with van der Waals surface area (Å²) >= 11 is 0. The Morgan fingerprint density at radius 2 is 2.06 bits per heavy atom. The topological polar surface area (TPSA) is 26.3 Å². The van der Waals surface area contributed by atoms with Crippen LogP contribution in [0.5, 0.6) is 0 Å². The van der Waals surface area contributed by atoms with Crippen LogP contribution in [0.3, 0.4) is 0 Å². The van der Waals surface area contributed by atoms with E-state index in [9.17, 15) is 5.11 Å². The van der Waals surface area contributed by atoms with Crippen LogP contribution in [0.1, 0.15) is 11.1 Å². The van der Waals surface area contributed by atoms with Gasteiger partial charge < -0.3 is 10.0 Å². The van der Waals surface area contributed by atoms with Crippen LogP contribution in [0.25, 0.3) is 5.76 Å². The molecule has 2 heteroatoms. The minimum absolute atomic E-state index is 0.112. The molecule has 0 atom stereocenters. The van der Waals surface area contributed by atoms with Crippen molar-refractivity contribution in [3.8, 4) is 0 Å². The monoisotopic (exact) mass is 240 g/mol. The first-order valence-corrected chi connectivity index (χ1v) is 6.08. The number of hydrogen-bond acceptors (Lipinski definition) is 2. The van der Waals surface area contributed by atoms with Crippen LogP contribution >= 0.6 is 0 Å². The summed E-state index contributed by atoms with van der Waals surface area (Å²) in [5, 5.41) is 12.4. The minimum Gasteiger partial charge on any atom is -0.872 e. The lowest BCUT2D eigenvalue weighted by atomic mass is 10.0. The fraction of sp³-hybridized carbons (Fsp3) is 0.250. The fourth-order valence-electron chi connectivity index (χ4n) is 2.10. The molecule has 94 valence electrons. The summed E-state index contributed by atoms with van der Waals surface area (Å²) < 4.78 is 0. The number of hydrogen-bond donors (Lipinski definition) is 0. The van der Waals surface area contributed by atoms with E-state index in [-0.39, 0.29) is 5.76 Å². The van der Waals surface area contributed by atoms with Crippen LogP contribution in [-0.2, 0) is 0 Å². The molecule has 0 heterocycles. The number of aryl methyl sites for hydroxylation is 1. The van der Waals surface area contributed by atoms with Crippen molar-refractivity contribution in [3.63, 3.8) is 0 Å². The van der Waals surface area contributed by atoms with E-state index in [2.05, 4.69) is 4.90 Å². The molecule has 0 fully saturated rings. The van der Waals surface area contributed by atoms with Crippen molar-refractivity contribution in [1.82, 2.24) is 4.90 Å². The summed E-state index contributed by atoms with van der Waals surface area (Å²) in [5.74, 6) is 0.112. The zero-order valence-corrected chi connectivity index (χ0v) is 11.1. The van der Waals surface area contributed by atoms with Crippen LogP contribution in [0.4, 0.5) is 0 Å². The zero-order chi connectivity index (χ0) is 13.1. The molecular formula is C16H18NO-. The Bertz CT molecular complexity index is 536. The lowest BCUT2D eigenvalue weighted by Gasteiger charge is -2.20. The van der Waals surface area contributed by atoms with Crippen molar-refractivity contribution in [2.75, 3.05) is 20.6 Å². The lowest BCUT2D eigenvalue weighted by molar-refractivity contribution is -0.244. The Labute approximate surface area is 109 Å². The number of benzene rings is 1. The molecule has 0 saturated heterocycles. The molecule has 0 N–H and O–H groups in total. The van der Waals surface area contributed by atoms with Crippen molar-refractivity contribution in [1.29, 1.82) is 0 Å². The highest BCUT2D eigenvalue weighted by Crippen LogP contribution is 2.25. The molecule has 0 saturated carbocycles. The fourth-order valence-corrected chi connectivity index (χ4v) is 2.10. The van der Waals surface area contributed by atoms with Gasteiger partial charge in [-0.2, -0.15) is 0 Å². The van der Waals surface area contributed by atoms with Gasteiger partial charge in [0.05, 0.1) is 0 Å². The first-order chi connectivity index (χ1) is 8.58. The summed E-state index contributed by atoms with van der Waals surface area (Å²) in [6.45, 7) is 2.79. The van der Waals surface area contributed by atoms with Crippen LogP contribution < -0.4 is 5.11 Å². The maximum absolute atomic E-state index is 12.4. The first kappa shape index (κ1) is 12.7. The maximum atomic E-state index is 12.4. The smallest absolute Gasteiger partial charge is 0.0233 e. The van der Waals surface area contributed by atoms with E-state index in [0.29, 0.717) is 0 Å². The minimum atomic E-state index is 0.112. The SMILES string of the molecule is Cc1cccc(/C([O-])=C2\C=CC=C2CN(C)C)c1. The van der Waals surface area contributed by atoms with Crippen molar-refractivity contribution < 1.29 is 5.11 Å². The van der Waals surface area contributed by atoms with Gasteiger partial charge in [0.15, 0.2) is 0 Å². The quantitative estimate of drug-likeness (QED) is 0.757. The van der Waals surface area contributed by atoms with E-state index >= 15 is 0 Å². The Morgan fingerprint density at radius 3 is 2.72 bits per heavy atom. The molecular weight excluding hydrogens is 222 g/mol. The zero-order valence-electron chi connectivity index (χ0n) is 11.1. The predicted octanol–water partition coefficient (Wildman–Crippen LogP) is 2.12. The van der Waals surface area contributed by atoms with Crippen molar-refractivity contribution >= 4 is 5.76 Å². The van der Waals surface area contributed by atoms with Crippen LogP contribution in [0.2, 0.25) is 0 Å². The molecule has 0 bridgehead atoms. The molecule has 1 aliphatic carbocycles. The molecule has 0 unspecified atom stereocenters. The highest BCUT2D eigenvalue weighted by molar-refractivity contribution is 5.71. The van der Waals surface area contributed by atoms with Gasteiger partial charge in [-0.3, -0.25) is 0 Å². The summed E-state index contributed by atoms with van der Waals surface area (Å²) in [7, 11) is 4.02. The largest absolute Gasteiger partial charge is 0.872 e. The molecule has 1 aromatic rings. The highest BCUT2D eigenvalue weighted by Gasteiger charge is 2.09. The third-order valence-electron chi connectivity index (χ3n) is 2.92. The summed E-state index contributed by atoms with van der Waals surface area (Å²) in [4.78, 5) is 2.07. The van der Waals surface area contributed by atoms with E-state index in [1.165, 1.54) is 0 Å². The second kappa shape index (κ2) is 5.23. The van der Waals surface area contributed by atoms with Gasteiger partial charge in [0.1, 0.15) is 0 Å². The first-order valence-electron chi connectivity index (χ1n) is 6.08. The third kappa shape index (κ3) is 2.71. The van der Waals surface area contributed by atoms with E-state index in [1.54, 1.807) is 0 Å². The van der Waals surface area contributed by atoms with E-state index < -0.39 is 0 Å². The van der Waals surface area contributed by atoms with Gasteiger partial charge in [-0.25, -0.2) is 0 Å². The molecule has 0 aliphatic heterocycles. The summed E-state index contributed by atoms with van der Waals surface area (Å²) in [5.41, 5.74) is 3.78. The number of likely N-dealkylation sites (N-methyl/N-ethyl adjacent to an activating group) is 1. The van der Waals surface area contributed by atoms with Gasteiger partial charge >= 0.3 is 0 Å². The second-order valence-electron chi connectivity index (χ2n) is 4.90. The van der Waals surface area contributed by atoms with Gasteiger partial charge in [0.2, 0.25) is 0 Å². The molecule has 1 aliphatic rings. The van der Waals surface area contributed by atoms with Gasteiger partial charge in [-0.05, 0) is 37.7 Å². The van der Waals surface area contributed by atoms with Gasteiger partial charge in [0.25, 0.3) is 0 Å². The molecule has 0 amide bonds. The average molecular weight is 240 g/mol. The summed E-state index contributed by atoms with van der Waals surface area (Å²) in [6, 6.07) is 7.75. The van der Waals surface area contributed by atoms with Crippen LogP contribution in [0.15, 0.2) is 53.6 Å². The third-order valence-corrected chi connectivity index (χ3v) is 2.92. The van der Waals surface area contributed by atoms with E-state index in [0.717, 1.165) is 28.8 Å². The normalized spacial score (nSPS) is 17.2. The average Bonchev–Trinajstić information content (AvgIpc) is 2.75. The van der Waals surface area contributed by atoms with Crippen molar-refractivity contribution in [2.45, 2.75) is 6.92 Å². The van der Waals surface area contributed by atoms with E-state index in [4.69, 9.17) is 0 Å². The Morgan fingerprint density at radius 1 is 1.28 bits per heavy atom. The van der Waals surface area contributed by atoms with Gasteiger partial charge in [-0.15, -0.1) is 0 Å². The number of nitrogens with zero attached hydrogens (tertiary/aromatic N) is 1. The Kier molecular flexibility index (Phi) is 3.68. The summed E-state index contributed by atoms with van der Waals surface area (Å²) in [6.07, 6.45) is 5.87. The highest BCUT2D eigenvalue weighted by atomic mass is 16.3. The molecule has 0 aromatic heterocycles. The molecule has 0 radical (unpaired) electrons. The predicted molar refractivity (Wildman–Crippen MR) is 73.9 cm³/mol. The standard InChI is InChI=1S/C16H19NO/c1-12-6-4-7-13(10-12)16(18)15-9-5-8-14(15)11-17(2)3/h4-10,18H,11H2,1-3H3/p-1/b16-15-. The van der Waals surface area contributed by atoms with E-state index in [1.807, 2.05) is 63.5 Å². The molecule has 1 aromatic carbocycles. The van der Waals surface area contributed by atoms with Gasteiger partial charge in [-0.1, -0.05) is 53.8 Å². The molecule has 18 heavy (non-hydrogen) atoms. The Hall–Kier alpha value is -1.80. The Balaban J connectivity index is 2.36. The van der Waals surface area contributed by atoms with Crippen molar-refractivity contribution in [3.05, 3.63) is 64.8 Å². The van der Waals surface area contributed by atoms with Gasteiger partial charge in [0, 0.05) is 6.54 Å². The molecule has 2 rings (SSSR count). The number of allylic oxidation sites excluding steroid dienone is 3. The van der Waals surface area contributed by atoms with Crippen LogP contribution in [-0.4, -0.2) is 25.5 Å². The second-order valence-corrected chi connectivity index (χ2v) is 4.90. The van der Waals surface area contributed by atoms with Crippen LogP contribution in [0, 0.1) is 6.92 Å².